The molecule has 2 aliphatic heterocycles. The Kier molecular flexibility index (Phi) is 8.05. The number of hydrogen-bond acceptors (Lipinski definition) is 10. The second kappa shape index (κ2) is 12.4. The van der Waals surface area contributed by atoms with Gasteiger partial charge in [0.2, 0.25) is 5.88 Å². The van der Waals surface area contributed by atoms with Gasteiger partial charge in [-0.1, -0.05) is 12.1 Å². The van der Waals surface area contributed by atoms with Gasteiger partial charge in [0.05, 0.1) is 25.5 Å². The maximum Gasteiger partial charge on any atom is 0.222 e. The number of rotatable bonds is 6. The van der Waals surface area contributed by atoms with Gasteiger partial charge in [-0.2, -0.15) is 5.10 Å². The van der Waals surface area contributed by atoms with Crippen molar-refractivity contribution < 1.29 is 14.2 Å². The zero-order valence-electron chi connectivity index (χ0n) is 25.7. The normalized spacial score (nSPS) is 19.2. The lowest BCUT2D eigenvalue weighted by Crippen LogP contribution is -2.43. The molecule has 0 unspecified atom stereocenters. The fourth-order valence-corrected chi connectivity index (χ4v) is 5.58. The molecule has 44 heavy (non-hydrogen) atoms. The molecular formula is C33H40N8O3. The summed E-state index contributed by atoms with van der Waals surface area (Å²) in [5, 5.41) is 7.71. The Balaban J connectivity index is 1.20. The van der Waals surface area contributed by atoms with Crippen LogP contribution in [0.25, 0.3) is 22.5 Å². The van der Waals surface area contributed by atoms with E-state index in [9.17, 15) is 0 Å². The Bertz CT molecular complexity index is 1610. The van der Waals surface area contributed by atoms with E-state index in [0.29, 0.717) is 42.3 Å². The molecule has 5 heterocycles. The van der Waals surface area contributed by atoms with Gasteiger partial charge < -0.3 is 24.4 Å². The number of hydrogen-bond donors (Lipinski definition) is 1. The number of ether oxygens (including phenoxy) is 3. The van der Waals surface area contributed by atoms with E-state index in [1.54, 1.807) is 17.1 Å². The Morgan fingerprint density at radius 2 is 1.82 bits per heavy atom. The smallest absolute Gasteiger partial charge is 0.222 e. The number of anilines is 2. The lowest BCUT2D eigenvalue weighted by atomic mass is 10.0. The largest absolute Gasteiger partial charge is 0.493 e. The number of benzene rings is 1. The highest BCUT2D eigenvalue weighted by atomic mass is 16.5. The van der Waals surface area contributed by atoms with Crippen LogP contribution in [-0.2, 0) is 13.6 Å². The van der Waals surface area contributed by atoms with Gasteiger partial charge in [-0.05, 0) is 50.4 Å². The van der Waals surface area contributed by atoms with Gasteiger partial charge in [-0.15, -0.1) is 0 Å². The van der Waals surface area contributed by atoms with Gasteiger partial charge in [-0.25, -0.2) is 19.6 Å². The van der Waals surface area contributed by atoms with Gasteiger partial charge in [0.25, 0.3) is 0 Å². The third-order valence-corrected chi connectivity index (χ3v) is 8.53. The third kappa shape index (κ3) is 6.48. The van der Waals surface area contributed by atoms with Crippen molar-refractivity contribution in [3.05, 3.63) is 54.5 Å². The van der Waals surface area contributed by atoms with Crippen molar-refractivity contribution in [2.24, 2.45) is 13.0 Å². The predicted molar refractivity (Wildman–Crippen MR) is 168 cm³/mol. The van der Waals surface area contributed by atoms with Crippen molar-refractivity contribution in [3.63, 3.8) is 0 Å². The molecule has 0 amide bonds. The molecule has 0 radical (unpaired) electrons. The average Bonchev–Trinajstić information content (AvgIpc) is 3.78. The summed E-state index contributed by atoms with van der Waals surface area (Å²) >= 11 is 0. The summed E-state index contributed by atoms with van der Waals surface area (Å²) in [5.74, 6) is 4.77. The minimum atomic E-state index is -0.111. The molecule has 3 aliphatic rings. The maximum absolute atomic E-state index is 6.58. The molecule has 0 spiro atoms. The highest BCUT2D eigenvalue weighted by Gasteiger charge is 2.24. The van der Waals surface area contributed by atoms with Crippen molar-refractivity contribution in [1.29, 1.82) is 0 Å². The lowest BCUT2D eigenvalue weighted by Gasteiger charge is -2.32. The van der Waals surface area contributed by atoms with Crippen molar-refractivity contribution in [2.45, 2.75) is 38.8 Å². The van der Waals surface area contributed by atoms with E-state index >= 15 is 0 Å². The fraction of sp³-hybridized carbons (Fsp3) is 0.455. The van der Waals surface area contributed by atoms with Crippen LogP contribution in [0.5, 0.6) is 17.4 Å². The summed E-state index contributed by atoms with van der Waals surface area (Å²) in [4.78, 5) is 18.9. The second-order valence-electron chi connectivity index (χ2n) is 12.2. The fourth-order valence-electron chi connectivity index (χ4n) is 5.58. The molecule has 1 aliphatic carbocycles. The van der Waals surface area contributed by atoms with Crippen LogP contribution in [0.3, 0.4) is 0 Å². The topological polar surface area (TPSA) is 103 Å². The Morgan fingerprint density at radius 1 is 0.955 bits per heavy atom. The molecular weight excluding hydrogens is 556 g/mol. The van der Waals surface area contributed by atoms with E-state index in [4.69, 9.17) is 24.2 Å². The lowest BCUT2D eigenvalue weighted by molar-refractivity contribution is 0.146. The van der Waals surface area contributed by atoms with Crippen LogP contribution in [-0.4, -0.2) is 87.1 Å². The quantitative estimate of drug-likeness (QED) is 0.335. The monoisotopic (exact) mass is 596 g/mol. The first-order valence-corrected chi connectivity index (χ1v) is 15.6. The molecule has 1 aromatic carbocycles. The highest BCUT2D eigenvalue weighted by molar-refractivity contribution is 5.74. The molecule has 4 bridgehead atoms. The maximum atomic E-state index is 6.58. The number of aryl methyl sites for hydroxylation is 1. The van der Waals surface area contributed by atoms with Crippen molar-refractivity contribution in [1.82, 2.24) is 34.5 Å². The summed E-state index contributed by atoms with van der Waals surface area (Å²) in [7, 11) is 4.04. The molecule has 1 saturated carbocycles. The second-order valence-corrected chi connectivity index (χ2v) is 12.2. The van der Waals surface area contributed by atoms with Crippen LogP contribution in [0.1, 0.15) is 31.7 Å². The molecule has 4 aromatic rings. The zero-order valence-corrected chi connectivity index (χ0v) is 25.7. The van der Waals surface area contributed by atoms with Crippen molar-refractivity contribution in [3.8, 4) is 39.9 Å². The summed E-state index contributed by atoms with van der Waals surface area (Å²) in [6.07, 6.45) is 8.38. The van der Waals surface area contributed by atoms with E-state index in [1.165, 1.54) is 18.4 Å². The predicted octanol–water partition coefficient (Wildman–Crippen LogP) is 4.77. The average molecular weight is 597 g/mol. The number of likely N-dealkylation sites (N-methyl/N-ethyl adjacent to an activating group) is 1. The SMILES string of the molecule is C[C@H]1CCOc2c(cnn2C)-c2nccc(n2)Nc2cc(c(-c3ccc(CN4CCN(C)CC4)c(OCC4CC4)c3)cn2)O1. The van der Waals surface area contributed by atoms with Crippen molar-refractivity contribution >= 4 is 11.6 Å². The Morgan fingerprint density at radius 3 is 2.66 bits per heavy atom. The van der Waals surface area contributed by atoms with E-state index in [-0.39, 0.29) is 6.10 Å². The molecule has 1 N–H and O–H groups in total. The van der Waals surface area contributed by atoms with Crippen LogP contribution < -0.4 is 19.5 Å². The number of piperazine rings is 1. The number of aromatic nitrogens is 5. The van der Waals surface area contributed by atoms with E-state index in [0.717, 1.165) is 67.5 Å². The molecule has 3 aromatic heterocycles. The minimum Gasteiger partial charge on any atom is -0.493 e. The molecule has 2 fully saturated rings. The van der Waals surface area contributed by atoms with Crippen LogP contribution >= 0.6 is 0 Å². The van der Waals surface area contributed by atoms with E-state index in [2.05, 4.69) is 57.4 Å². The molecule has 230 valence electrons. The zero-order chi connectivity index (χ0) is 30.0. The standard InChI is InChI=1S/C33H40N8O3/c1-22-9-15-42-33-27(19-36-40(33)3)32-34-10-8-30(38-32)37-31-17-29(44-22)26(18-35-31)24-6-7-25(20-41-13-11-39(2)12-14-41)28(16-24)43-21-23-4-5-23/h6-8,10,16-19,22-23H,4-5,9,11-15,20-21H2,1-3H3,(H,34,35,37,38)/t22-/m0/s1. The van der Waals surface area contributed by atoms with E-state index in [1.807, 2.05) is 25.4 Å². The molecule has 11 nitrogen and oxygen atoms in total. The van der Waals surface area contributed by atoms with Gasteiger partial charge >= 0.3 is 0 Å². The first kappa shape index (κ1) is 28.5. The molecule has 1 atom stereocenters. The van der Waals surface area contributed by atoms with Crippen LogP contribution in [0.15, 0.2) is 48.9 Å². The Labute approximate surface area is 258 Å². The number of fused-ring (bicyclic) bond motifs is 6. The Hall–Kier alpha value is -4.22. The first-order valence-electron chi connectivity index (χ1n) is 15.6. The van der Waals surface area contributed by atoms with Crippen LogP contribution in [0.2, 0.25) is 0 Å². The van der Waals surface area contributed by atoms with Gasteiger partial charge in [0, 0.05) is 75.8 Å². The minimum absolute atomic E-state index is 0.111. The number of pyridine rings is 1. The van der Waals surface area contributed by atoms with Crippen LogP contribution in [0.4, 0.5) is 11.6 Å². The third-order valence-electron chi connectivity index (χ3n) is 8.53. The summed E-state index contributed by atoms with van der Waals surface area (Å²) in [6, 6.07) is 10.3. The highest BCUT2D eigenvalue weighted by Crippen LogP contribution is 2.38. The number of nitrogens with one attached hydrogen (secondary N) is 1. The summed E-state index contributed by atoms with van der Waals surface area (Å²) in [6.45, 7) is 8.47. The first-order chi connectivity index (χ1) is 21.5. The van der Waals surface area contributed by atoms with Gasteiger partial charge in [0.1, 0.15) is 28.7 Å². The molecule has 1 saturated heterocycles. The van der Waals surface area contributed by atoms with Crippen LogP contribution in [0, 0.1) is 5.92 Å². The van der Waals surface area contributed by atoms with Gasteiger partial charge in [0.15, 0.2) is 5.82 Å². The van der Waals surface area contributed by atoms with Crippen molar-refractivity contribution in [2.75, 3.05) is 51.8 Å². The molecule has 11 heteroatoms. The van der Waals surface area contributed by atoms with Gasteiger partial charge in [-0.3, -0.25) is 4.90 Å². The summed E-state index contributed by atoms with van der Waals surface area (Å²) < 4.78 is 20.9. The number of nitrogens with zero attached hydrogens (tertiary/aromatic N) is 7. The molecule has 7 rings (SSSR count). The van der Waals surface area contributed by atoms with E-state index < -0.39 is 0 Å². The summed E-state index contributed by atoms with van der Waals surface area (Å²) in [5.41, 5.74) is 3.89.